The highest BCUT2D eigenvalue weighted by atomic mass is 35.5. The van der Waals surface area contributed by atoms with Crippen molar-refractivity contribution in [1.82, 2.24) is 4.90 Å². The van der Waals surface area contributed by atoms with Crippen LogP contribution in [0.2, 0.25) is 10.0 Å². The van der Waals surface area contributed by atoms with E-state index in [1.54, 1.807) is 0 Å². The summed E-state index contributed by atoms with van der Waals surface area (Å²) in [7, 11) is 0. The van der Waals surface area contributed by atoms with E-state index in [0.717, 1.165) is 49.2 Å². The van der Waals surface area contributed by atoms with E-state index >= 15 is 0 Å². The van der Waals surface area contributed by atoms with Gasteiger partial charge in [-0.15, -0.1) is 0 Å². The molecule has 1 amide bonds. The van der Waals surface area contributed by atoms with Crippen LogP contribution < -0.4 is 5.32 Å². The molecule has 3 aliphatic rings. The highest BCUT2D eigenvalue weighted by Crippen LogP contribution is 2.52. The van der Waals surface area contributed by atoms with Crippen molar-refractivity contribution in [2.24, 2.45) is 11.8 Å². The van der Waals surface area contributed by atoms with Crippen LogP contribution in [0.15, 0.2) is 48.6 Å². The van der Waals surface area contributed by atoms with Crippen molar-refractivity contribution in [2.75, 3.05) is 18.4 Å². The Hall–Kier alpha value is -1.97. The van der Waals surface area contributed by atoms with E-state index in [9.17, 15) is 4.79 Å². The number of hydrogen-bond acceptors (Lipinski definition) is 2. The number of rotatable bonds is 2. The van der Waals surface area contributed by atoms with Crippen molar-refractivity contribution >= 4 is 34.8 Å². The Labute approximate surface area is 188 Å². The summed E-state index contributed by atoms with van der Waals surface area (Å²) in [6.07, 6.45) is 7.62. The van der Waals surface area contributed by atoms with Crippen LogP contribution in [0.3, 0.4) is 0 Å². The minimum absolute atomic E-state index is 0.0333. The maximum absolute atomic E-state index is 13.5. The van der Waals surface area contributed by atoms with Gasteiger partial charge < -0.3 is 10.2 Å². The molecule has 0 aromatic heterocycles. The monoisotopic (exact) mass is 440 g/mol. The van der Waals surface area contributed by atoms with Gasteiger partial charge >= 0.3 is 0 Å². The molecule has 0 spiro atoms. The molecule has 2 aromatic rings. The summed E-state index contributed by atoms with van der Waals surface area (Å²) in [5.74, 6) is 1.40. The van der Waals surface area contributed by atoms with E-state index < -0.39 is 0 Å². The number of piperidine rings is 1. The number of carbonyl (C=O) groups excluding carboxylic acids is 1. The van der Waals surface area contributed by atoms with Gasteiger partial charge in [0, 0.05) is 34.6 Å². The quantitative estimate of drug-likeness (QED) is 0.527. The van der Waals surface area contributed by atoms with Gasteiger partial charge in [-0.2, -0.15) is 0 Å². The molecule has 5 rings (SSSR count). The smallest absolute Gasteiger partial charge is 0.255 e. The van der Waals surface area contributed by atoms with Crippen molar-refractivity contribution in [3.63, 3.8) is 0 Å². The van der Waals surface area contributed by atoms with Crippen LogP contribution in [0.5, 0.6) is 0 Å². The number of benzene rings is 2. The third-order valence-electron chi connectivity index (χ3n) is 7.01. The second-order valence-corrected chi connectivity index (χ2v) is 9.67. The molecule has 0 saturated carbocycles. The van der Waals surface area contributed by atoms with Gasteiger partial charge in [-0.25, -0.2) is 0 Å². The molecule has 1 N–H and O–H groups in total. The van der Waals surface area contributed by atoms with E-state index in [-0.39, 0.29) is 17.9 Å². The zero-order valence-corrected chi connectivity index (χ0v) is 18.6. The first-order valence-corrected chi connectivity index (χ1v) is 11.6. The van der Waals surface area contributed by atoms with Gasteiger partial charge in [0.15, 0.2) is 0 Å². The SMILES string of the molecule is CC1CCN(C(=O)c2cccc3c2NC(c2c(Cl)cccc2Cl)C2CC=CC32)CC1. The molecule has 30 heavy (non-hydrogen) atoms. The number of nitrogens with zero attached hydrogens (tertiary/aromatic N) is 1. The minimum atomic E-state index is -0.0333. The summed E-state index contributed by atoms with van der Waals surface area (Å²) in [5.41, 5.74) is 3.83. The Balaban J connectivity index is 1.56. The van der Waals surface area contributed by atoms with Crippen LogP contribution >= 0.6 is 23.2 Å². The van der Waals surface area contributed by atoms with Gasteiger partial charge in [0.1, 0.15) is 0 Å². The summed E-state index contributed by atoms with van der Waals surface area (Å²) in [6, 6.07) is 11.8. The number of allylic oxidation sites excluding steroid dienone is 2. The third kappa shape index (κ3) is 3.33. The Morgan fingerprint density at radius 1 is 1.07 bits per heavy atom. The van der Waals surface area contributed by atoms with Gasteiger partial charge in [-0.3, -0.25) is 4.79 Å². The van der Waals surface area contributed by atoms with E-state index in [2.05, 4.69) is 30.5 Å². The summed E-state index contributed by atoms with van der Waals surface area (Å²) in [4.78, 5) is 15.5. The molecule has 1 fully saturated rings. The van der Waals surface area contributed by atoms with Crippen LogP contribution in [0, 0.1) is 11.8 Å². The van der Waals surface area contributed by atoms with Crippen molar-refractivity contribution < 1.29 is 4.79 Å². The van der Waals surface area contributed by atoms with Crippen LogP contribution in [-0.2, 0) is 0 Å². The number of likely N-dealkylation sites (tertiary alicyclic amines) is 1. The fourth-order valence-electron chi connectivity index (χ4n) is 5.28. The van der Waals surface area contributed by atoms with Gasteiger partial charge in [0.05, 0.1) is 17.3 Å². The summed E-state index contributed by atoms with van der Waals surface area (Å²) in [6.45, 7) is 3.92. The fraction of sp³-hybridized carbons (Fsp3) is 0.400. The standard InChI is InChI=1S/C25H26Cl2N2O/c1-15-11-13-29(14-12-15)25(30)19-8-3-6-17-16-5-2-7-18(16)24(28-23(17)19)22-20(26)9-4-10-21(22)27/h2-6,8-10,15-16,18,24,28H,7,11-14H2,1H3. The second kappa shape index (κ2) is 7.94. The van der Waals surface area contributed by atoms with E-state index in [1.807, 2.05) is 35.2 Å². The molecule has 3 atom stereocenters. The Bertz CT molecular complexity index is 990. The molecule has 5 heteroatoms. The zero-order valence-electron chi connectivity index (χ0n) is 17.1. The number of para-hydroxylation sites is 1. The average Bonchev–Trinajstić information content (AvgIpc) is 3.24. The van der Waals surface area contributed by atoms with Gasteiger partial charge in [-0.05, 0) is 54.9 Å². The maximum atomic E-state index is 13.5. The molecule has 0 radical (unpaired) electrons. The molecule has 0 bridgehead atoms. The van der Waals surface area contributed by atoms with E-state index in [0.29, 0.717) is 21.9 Å². The van der Waals surface area contributed by atoms with E-state index in [4.69, 9.17) is 23.2 Å². The third-order valence-corrected chi connectivity index (χ3v) is 7.67. The first-order valence-electron chi connectivity index (χ1n) is 10.8. The zero-order chi connectivity index (χ0) is 20.8. The number of fused-ring (bicyclic) bond motifs is 3. The molecule has 2 aliphatic heterocycles. The molecule has 156 valence electrons. The van der Waals surface area contributed by atoms with Crippen LogP contribution in [0.25, 0.3) is 0 Å². The molecule has 3 nitrogen and oxygen atoms in total. The number of halogens is 2. The highest BCUT2D eigenvalue weighted by Gasteiger charge is 2.41. The molecule has 2 aromatic carbocycles. The number of carbonyl (C=O) groups is 1. The molecule has 1 saturated heterocycles. The summed E-state index contributed by atoms with van der Waals surface area (Å²) < 4.78 is 0. The normalized spacial score (nSPS) is 25.6. The lowest BCUT2D eigenvalue weighted by Gasteiger charge is -2.39. The van der Waals surface area contributed by atoms with Gasteiger partial charge in [0.2, 0.25) is 0 Å². The fourth-order valence-corrected chi connectivity index (χ4v) is 5.91. The van der Waals surface area contributed by atoms with Crippen molar-refractivity contribution in [3.8, 4) is 0 Å². The first kappa shape index (κ1) is 20.0. The highest BCUT2D eigenvalue weighted by molar-refractivity contribution is 6.36. The predicted octanol–water partition coefficient (Wildman–Crippen LogP) is 6.69. The number of hydrogen-bond donors (Lipinski definition) is 1. The lowest BCUT2D eigenvalue weighted by molar-refractivity contribution is 0.0698. The molecular formula is C25H26Cl2N2O. The lowest BCUT2D eigenvalue weighted by atomic mass is 9.76. The van der Waals surface area contributed by atoms with Crippen LogP contribution in [-0.4, -0.2) is 23.9 Å². The van der Waals surface area contributed by atoms with Crippen molar-refractivity contribution in [1.29, 1.82) is 0 Å². The second-order valence-electron chi connectivity index (χ2n) is 8.86. The summed E-state index contributed by atoms with van der Waals surface area (Å²) in [5, 5.41) is 5.05. The van der Waals surface area contributed by atoms with Crippen LogP contribution in [0.4, 0.5) is 5.69 Å². The molecule has 3 unspecified atom stereocenters. The topological polar surface area (TPSA) is 32.3 Å². The van der Waals surface area contributed by atoms with Crippen LogP contribution in [0.1, 0.15) is 59.6 Å². The molecular weight excluding hydrogens is 415 g/mol. The first-order chi connectivity index (χ1) is 14.5. The largest absolute Gasteiger partial charge is 0.377 e. The summed E-state index contributed by atoms with van der Waals surface area (Å²) >= 11 is 13.2. The van der Waals surface area contributed by atoms with Crippen molar-refractivity contribution in [2.45, 2.75) is 38.1 Å². The Morgan fingerprint density at radius 3 is 2.50 bits per heavy atom. The minimum Gasteiger partial charge on any atom is -0.377 e. The Morgan fingerprint density at radius 2 is 1.77 bits per heavy atom. The molecule has 2 heterocycles. The number of nitrogens with one attached hydrogen (secondary N) is 1. The average molecular weight is 441 g/mol. The predicted molar refractivity (Wildman–Crippen MR) is 124 cm³/mol. The Kier molecular flexibility index (Phi) is 5.28. The van der Waals surface area contributed by atoms with Crippen molar-refractivity contribution in [3.05, 3.63) is 75.3 Å². The molecule has 1 aliphatic carbocycles. The number of anilines is 1. The lowest BCUT2D eigenvalue weighted by Crippen LogP contribution is -2.39. The van der Waals surface area contributed by atoms with Gasteiger partial charge in [-0.1, -0.05) is 60.5 Å². The maximum Gasteiger partial charge on any atom is 0.255 e. The van der Waals surface area contributed by atoms with Gasteiger partial charge in [0.25, 0.3) is 5.91 Å². The van der Waals surface area contributed by atoms with E-state index in [1.165, 1.54) is 5.56 Å². The number of amides is 1.